The van der Waals surface area contributed by atoms with E-state index in [1.165, 1.54) is 16.2 Å². The number of rotatable bonds is 7. The van der Waals surface area contributed by atoms with Crippen molar-refractivity contribution in [2.75, 3.05) is 25.6 Å². The fourth-order valence-corrected chi connectivity index (χ4v) is 5.19. The van der Waals surface area contributed by atoms with Gasteiger partial charge in [0, 0.05) is 42.8 Å². The molecule has 38 heavy (non-hydrogen) atoms. The summed E-state index contributed by atoms with van der Waals surface area (Å²) in [4.78, 5) is 36.6. The summed E-state index contributed by atoms with van der Waals surface area (Å²) in [6, 6.07) is 2.24. The van der Waals surface area contributed by atoms with E-state index in [1.54, 1.807) is 31.8 Å². The maximum Gasteiger partial charge on any atom is 0.410 e. The number of nitrogens with zero attached hydrogens (tertiary/aromatic N) is 6. The van der Waals surface area contributed by atoms with Crippen LogP contribution in [0.5, 0.6) is 6.01 Å². The molecule has 202 valence electrons. The molecule has 1 N–H and O–H groups in total. The lowest BCUT2D eigenvalue weighted by Gasteiger charge is -2.45. The number of aromatic nitrogens is 5. The van der Waals surface area contributed by atoms with Crippen LogP contribution >= 0.6 is 11.3 Å². The van der Waals surface area contributed by atoms with Crippen LogP contribution in [0.3, 0.4) is 0 Å². The first kappa shape index (κ1) is 26.2. The molecule has 1 saturated heterocycles. The third-order valence-electron chi connectivity index (χ3n) is 6.52. The lowest BCUT2D eigenvalue weighted by atomic mass is 9.72. The number of carbonyl (C=O) groups is 1. The number of ether oxygens (including phenoxy) is 3. The highest BCUT2D eigenvalue weighted by molar-refractivity contribution is 7.18. The van der Waals surface area contributed by atoms with E-state index in [0.29, 0.717) is 29.1 Å². The van der Waals surface area contributed by atoms with E-state index in [4.69, 9.17) is 14.2 Å². The second-order valence-electron chi connectivity index (χ2n) is 10.9. The van der Waals surface area contributed by atoms with E-state index >= 15 is 0 Å². The van der Waals surface area contributed by atoms with Crippen LogP contribution in [0.1, 0.15) is 52.0 Å². The van der Waals surface area contributed by atoms with Crippen LogP contribution < -0.4 is 10.1 Å². The second kappa shape index (κ2) is 10.8. The molecule has 3 aromatic rings. The van der Waals surface area contributed by atoms with Crippen molar-refractivity contribution in [1.29, 1.82) is 0 Å². The first-order valence-corrected chi connectivity index (χ1v) is 13.5. The van der Waals surface area contributed by atoms with Gasteiger partial charge in [-0.2, -0.15) is 4.98 Å². The van der Waals surface area contributed by atoms with E-state index in [9.17, 15) is 4.79 Å². The molecule has 0 bridgehead atoms. The van der Waals surface area contributed by atoms with E-state index in [-0.39, 0.29) is 6.10 Å². The minimum Gasteiger partial charge on any atom is -0.460 e. The fourth-order valence-electron chi connectivity index (χ4n) is 4.41. The maximum atomic E-state index is 12.2. The SMILES string of the molecule is CN(Cc1cnc(Nc2ncc(-c3ccnc(OC4CCC5(CC4)COC5)n3)s2)nc1)C(=O)OC(C)(C)C. The highest BCUT2D eigenvalue weighted by atomic mass is 32.1. The molecule has 2 fully saturated rings. The maximum absolute atomic E-state index is 12.2. The first-order valence-electron chi connectivity index (χ1n) is 12.7. The van der Waals surface area contributed by atoms with Crippen molar-refractivity contribution in [2.45, 2.75) is 64.7 Å². The molecule has 4 heterocycles. The van der Waals surface area contributed by atoms with E-state index in [1.807, 2.05) is 26.8 Å². The molecule has 0 atom stereocenters. The Morgan fingerprint density at radius 1 is 1.16 bits per heavy atom. The molecule has 1 saturated carbocycles. The normalized spacial score (nSPS) is 17.1. The van der Waals surface area contributed by atoms with Gasteiger partial charge in [0.25, 0.3) is 0 Å². The van der Waals surface area contributed by atoms with Crippen LogP contribution in [0.2, 0.25) is 0 Å². The molecule has 11 nitrogen and oxygen atoms in total. The Morgan fingerprint density at radius 2 is 1.89 bits per heavy atom. The van der Waals surface area contributed by atoms with Gasteiger partial charge in [-0.1, -0.05) is 11.3 Å². The largest absolute Gasteiger partial charge is 0.460 e. The number of hydrogen-bond acceptors (Lipinski definition) is 11. The predicted molar refractivity (Wildman–Crippen MR) is 142 cm³/mol. The molecular weight excluding hydrogens is 506 g/mol. The third kappa shape index (κ3) is 6.54. The van der Waals surface area contributed by atoms with Crippen molar-refractivity contribution in [3.05, 3.63) is 36.4 Å². The molecular formula is C26H33N7O4S. The van der Waals surface area contributed by atoms with Gasteiger partial charge >= 0.3 is 12.1 Å². The number of nitrogens with one attached hydrogen (secondary N) is 1. The molecule has 1 aliphatic heterocycles. The van der Waals surface area contributed by atoms with Crippen LogP contribution in [0, 0.1) is 5.41 Å². The molecule has 0 unspecified atom stereocenters. The predicted octanol–water partition coefficient (Wildman–Crippen LogP) is 4.84. The average molecular weight is 540 g/mol. The zero-order chi connectivity index (χ0) is 26.8. The Morgan fingerprint density at radius 3 is 2.55 bits per heavy atom. The molecule has 12 heteroatoms. The van der Waals surface area contributed by atoms with Crippen molar-refractivity contribution in [1.82, 2.24) is 29.8 Å². The third-order valence-corrected chi connectivity index (χ3v) is 7.46. The van der Waals surface area contributed by atoms with Gasteiger partial charge in [0.2, 0.25) is 5.95 Å². The van der Waals surface area contributed by atoms with Gasteiger partial charge in [0.1, 0.15) is 11.7 Å². The second-order valence-corrected chi connectivity index (χ2v) is 12.0. The van der Waals surface area contributed by atoms with Gasteiger partial charge in [-0.25, -0.2) is 24.7 Å². The summed E-state index contributed by atoms with van der Waals surface area (Å²) in [5, 5.41) is 3.76. The van der Waals surface area contributed by atoms with Crippen molar-refractivity contribution in [2.24, 2.45) is 5.41 Å². The number of anilines is 2. The lowest BCUT2D eigenvalue weighted by molar-refractivity contribution is -0.140. The van der Waals surface area contributed by atoms with Crippen molar-refractivity contribution in [3.8, 4) is 16.6 Å². The molecule has 3 aromatic heterocycles. The van der Waals surface area contributed by atoms with E-state index in [0.717, 1.165) is 55.0 Å². The number of thiazole rings is 1. The molecule has 0 aromatic carbocycles. The number of hydrogen-bond donors (Lipinski definition) is 1. The topological polar surface area (TPSA) is 124 Å². The summed E-state index contributed by atoms with van der Waals surface area (Å²) in [5.74, 6) is 0.410. The van der Waals surface area contributed by atoms with Gasteiger partial charge in [-0.3, -0.25) is 0 Å². The molecule has 1 spiro atoms. The summed E-state index contributed by atoms with van der Waals surface area (Å²) in [6.07, 6.45) is 10.8. The van der Waals surface area contributed by atoms with Crippen molar-refractivity contribution >= 4 is 28.5 Å². The van der Waals surface area contributed by atoms with Crippen LogP contribution in [0.25, 0.3) is 10.6 Å². The Labute approximate surface area is 226 Å². The van der Waals surface area contributed by atoms with Gasteiger partial charge in [-0.15, -0.1) is 0 Å². The standard InChI is InChI=1S/C26H33N7O4S/c1-25(2,3)37-24(34)33(4)14-17-11-28-21(29-12-17)32-23-30-13-20(38-23)19-7-10-27-22(31-19)36-18-5-8-26(9-6-18)15-35-16-26/h7,10-13,18H,5-6,8-9,14-16H2,1-4H3,(H,28,29,30,32). The highest BCUT2D eigenvalue weighted by Crippen LogP contribution is 2.43. The fraction of sp³-hybridized carbons (Fsp3) is 0.538. The zero-order valence-corrected chi connectivity index (χ0v) is 23.0. The van der Waals surface area contributed by atoms with Crippen LogP contribution in [0.4, 0.5) is 15.9 Å². The van der Waals surface area contributed by atoms with E-state index < -0.39 is 11.7 Å². The monoisotopic (exact) mass is 539 g/mol. The average Bonchev–Trinajstić information content (AvgIpc) is 3.32. The summed E-state index contributed by atoms with van der Waals surface area (Å²) in [6.45, 7) is 7.61. The van der Waals surface area contributed by atoms with Gasteiger partial charge in [0.05, 0.1) is 30.3 Å². The minimum absolute atomic E-state index is 0.138. The van der Waals surface area contributed by atoms with Gasteiger partial charge < -0.3 is 24.4 Å². The molecule has 2 aliphatic rings. The van der Waals surface area contributed by atoms with Crippen molar-refractivity contribution < 1.29 is 19.0 Å². The summed E-state index contributed by atoms with van der Waals surface area (Å²) >= 11 is 1.44. The molecule has 5 rings (SSSR count). The molecule has 1 amide bonds. The van der Waals surface area contributed by atoms with E-state index in [2.05, 4.69) is 30.2 Å². The summed E-state index contributed by atoms with van der Waals surface area (Å²) in [7, 11) is 1.68. The Bertz CT molecular complexity index is 1250. The Balaban J connectivity index is 1.15. The Hall–Kier alpha value is -3.38. The van der Waals surface area contributed by atoms with Crippen LogP contribution in [-0.2, 0) is 16.0 Å². The van der Waals surface area contributed by atoms with Gasteiger partial charge in [0.15, 0.2) is 5.13 Å². The molecule has 0 radical (unpaired) electrons. The van der Waals surface area contributed by atoms with Crippen LogP contribution in [0.15, 0.2) is 30.9 Å². The van der Waals surface area contributed by atoms with Crippen molar-refractivity contribution in [3.63, 3.8) is 0 Å². The minimum atomic E-state index is -0.548. The van der Waals surface area contributed by atoms with Crippen LogP contribution in [-0.4, -0.2) is 67.9 Å². The first-order chi connectivity index (χ1) is 18.2. The number of carbonyl (C=O) groups excluding carboxylic acids is 1. The highest BCUT2D eigenvalue weighted by Gasteiger charge is 2.42. The zero-order valence-electron chi connectivity index (χ0n) is 22.1. The Kier molecular flexibility index (Phi) is 7.44. The lowest BCUT2D eigenvalue weighted by Crippen LogP contribution is -2.46. The molecule has 1 aliphatic carbocycles. The van der Waals surface area contributed by atoms with Gasteiger partial charge in [-0.05, 0) is 52.5 Å². The summed E-state index contributed by atoms with van der Waals surface area (Å²) < 4.78 is 16.9. The quantitative estimate of drug-likeness (QED) is 0.446. The summed E-state index contributed by atoms with van der Waals surface area (Å²) in [5.41, 5.74) is 1.37. The smallest absolute Gasteiger partial charge is 0.410 e. The number of amides is 1.